The Hall–Kier alpha value is -2.61. The van der Waals surface area contributed by atoms with Crippen LogP contribution in [0, 0.1) is 6.92 Å². The highest BCUT2D eigenvalue weighted by Crippen LogP contribution is 2.21. The number of fused-ring (bicyclic) bond motifs is 1. The van der Waals surface area contributed by atoms with Gasteiger partial charge in [0.05, 0.1) is 19.7 Å². The van der Waals surface area contributed by atoms with E-state index in [-0.39, 0.29) is 0 Å². The number of rotatable bonds is 9. The number of nitrogens with one attached hydrogen (secondary N) is 2. The molecule has 0 unspecified atom stereocenters. The summed E-state index contributed by atoms with van der Waals surface area (Å²) in [7, 11) is 1.67. The Morgan fingerprint density at radius 2 is 2.10 bits per heavy atom. The van der Waals surface area contributed by atoms with Crippen molar-refractivity contribution in [3.63, 3.8) is 0 Å². The van der Waals surface area contributed by atoms with Crippen LogP contribution in [-0.2, 0) is 30.8 Å². The van der Waals surface area contributed by atoms with E-state index >= 15 is 0 Å². The standard InChI is InChI=1S/C21H32N6O2/c1-4-22-21(24-15-20-26-25-19-7-5-6-10-27(19)20)23-14-17-9-8-16(2)13-18(17)29-12-11-28-3/h8-9,13H,4-7,10-12,14-15H2,1-3H3,(H2,22,23,24). The lowest BCUT2D eigenvalue weighted by Gasteiger charge is -2.16. The molecule has 0 saturated heterocycles. The minimum absolute atomic E-state index is 0.521. The summed E-state index contributed by atoms with van der Waals surface area (Å²) in [4.78, 5) is 4.74. The number of nitrogens with zero attached hydrogens (tertiary/aromatic N) is 4. The molecule has 29 heavy (non-hydrogen) atoms. The van der Waals surface area contributed by atoms with Crippen LogP contribution >= 0.6 is 0 Å². The minimum Gasteiger partial charge on any atom is -0.491 e. The summed E-state index contributed by atoms with van der Waals surface area (Å²) in [5, 5.41) is 15.3. The summed E-state index contributed by atoms with van der Waals surface area (Å²) in [5.74, 6) is 3.66. The number of aliphatic imine (C=N–C) groups is 1. The fraction of sp³-hybridized carbons (Fsp3) is 0.571. The van der Waals surface area contributed by atoms with Crippen molar-refractivity contribution in [1.82, 2.24) is 25.4 Å². The van der Waals surface area contributed by atoms with Crippen molar-refractivity contribution >= 4 is 5.96 Å². The number of aryl methyl sites for hydroxylation is 2. The molecule has 2 aromatic rings. The molecule has 1 aromatic carbocycles. The van der Waals surface area contributed by atoms with Crippen molar-refractivity contribution in [2.24, 2.45) is 4.99 Å². The average molecular weight is 401 g/mol. The molecule has 0 spiro atoms. The molecule has 8 heteroatoms. The smallest absolute Gasteiger partial charge is 0.191 e. The zero-order valence-electron chi connectivity index (χ0n) is 17.7. The van der Waals surface area contributed by atoms with Gasteiger partial charge in [-0.05, 0) is 38.3 Å². The minimum atomic E-state index is 0.521. The van der Waals surface area contributed by atoms with Crippen LogP contribution in [-0.4, -0.2) is 47.6 Å². The molecule has 8 nitrogen and oxygen atoms in total. The van der Waals surface area contributed by atoms with E-state index in [4.69, 9.17) is 14.5 Å². The SMILES string of the molecule is CCNC(=NCc1ccc(C)cc1OCCOC)NCc1nnc2n1CCCC2. The molecular weight excluding hydrogens is 368 g/mol. The summed E-state index contributed by atoms with van der Waals surface area (Å²) in [5.41, 5.74) is 2.20. The predicted octanol–water partition coefficient (Wildman–Crippen LogP) is 2.20. The molecule has 1 aliphatic rings. The topological polar surface area (TPSA) is 85.6 Å². The van der Waals surface area contributed by atoms with Crippen molar-refractivity contribution in [2.45, 2.75) is 52.7 Å². The van der Waals surface area contributed by atoms with Crippen LogP contribution in [0.15, 0.2) is 23.2 Å². The average Bonchev–Trinajstić information content (AvgIpc) is 3.14. The van der Waals surface area contributed by atoms with Crippen LogP contribution in [0.4, 0.5) is 0 Å². The maximum absolute atomic E-state index is 5.88. The number of aromatic nitrogens is 3. The fourth-order valence-corrected chi connectivity index (χ4v) is 3.33. The van der Waals surface area contributed by atoms with Gasteiger partial charge >= 0.3 is 0 Å². The molecule has 158 valence electrons. The molecule has 0 saturated carbocycles. The van der Waals surface area contributed by atoms with Gasteiger partial charge in [-0.25, -0.2) is 4.99 Å². The first kappa shape index (κ1) is 21.1. The molecule has 0 radical (unpaired) electrons. The van der Waals surface area contributed by atoms with Gasteiger partial charge in [0.1, 0.15) is 18.2 Å². The molecule has 2 heterocycles. The van der Waals surface area contributed by atoms with Crippen molar-refractivity contribution in [3.8, 4) is 5.75 Å². The van der Waals surface area contributed by atoms with Crippen LogP contribution in [0.25, 0.3) is 0 Å². The Kier molecular flexibility index (Phi) is 7.86. The van der Waals surface area contributed by atoms with E-state index in [2.05, 4.69) is 51.4 Å². The number of benzene rings is 1. The van der Waals surface area contributed by atoms with Crippen molar-refractivity contribution in [1.29, 1.82) is 0 Å². The summed E-state index contributed by atoms with van der Waals surface area (Å²) >= 11 is 0. The summed E-state index contributed by atoms with van der Waals surface area (Å²) < 4.78 is 13.2. The monoisotopic (exact) mass is 400 g/mol. The highest BCUT2D eigenvalue weighted by molar-refractivity contribution is 5.79. The Morgan fingerprint density at radius 1 is 1.21 bits per heavy atom. The third-order valence-electron chi connectivity index (χ3n) is 4.87. The molecule has 2 N–H and O–H groups in total. The maximum Gasteiger partial charge on any atom is 0.191 e. The summed E-state index contributed by atoms with van der Waals surface area (Å²) in [6, 6.07) is 6.19. The third kappa shape index (κ3) is 5.93. The van der Waals surface area contributed by atoms with E-state index in [0.717, 1.165) is 54.0 Å². The molecule has 1 aromatic heterocycles. The van der Waals surface area contributed by atoms with Gasteiger partial charge in [-0.15, -0.1) is 10.2 Å². The molecule has 0 fully saturated rings. The van der Waals surface area contributed by atoms with Crippen molar-refractivity contribution in [3.05, 3.63) is 41.0 Å². The van der Waals surface area contributed by atoms with Gasteiger partial charge in [0.15, 0.2) is 11.8 Å². The third-order valence-corrected chi connectivity index (χ3v) is 4.87. The van der Waals surface area contributed by atoms with Gasteiger partial charge in [-0.2, -0.15) is 0 Å². The van der Waals surface area contributed by atoms with Crippen LogP contribution in [0.1, 0.15) is 42.5 Å². The Morgan fingerprint density at radius 3 is 2.93 bits per heavy atom. The van der Waals surface area contributed by atoms with Crippen LogP contribution in [0.3, 0.4) is 0 Å². The number of guanidine groups is 1. The van der Waals surface area contributed by atoms with Crippen molar-refractivity contribution < 1.29 is 9.47 Å². The van der Waals surface area contributed by atoms with Gasteiger partial charge in [0.2, 0.25) is 0 Å². The number of ether oxygens (including phenoxy) is 2. The lowest BCUT2D eigenvalue weighted by molar-refractivity contribution is 0.145. The van der Waals surface area contributed by atoms with E-state index in [1.54, 1.807) is 7.11 Å². The number of hydrogen-bond acceptors (Lipinski definition) is 5. The van der Waals surface area contributed by atoms with E-state index in [1.165, 1.54) is 12.8 Å². The van der Waals surface area contributed by atoms with E-state index in [9.17, 15) is 0 Å². The second kappa shape index (κ2) is 10.8. The Balaban J connectivity index is 1.65. The Bertz CT molecular complexity index is 817. The summed E-state index contributed by atoms with van der Waals surface area (Å²) in [6.45, 7) is 8.10. The van der Waals surface area contributed by atoms with Crippen LogP contribution in [0.5, 0.6) is 5.75 Å². The summed E-state index contributed by atoms with van der Waals surface area (Å²) in [6.07, 6.45) is 3.40. The molecule has 0 bridgehead atoms. The largest absolute Gasteiger partial charge is 0.491 e. The highest BCUT2D eigenvalue weighted by atomic mass is 16.5. The highest BCUT2D eigenvalue weighted by Gasteiger charge is 2.15. The molecule has 1 aliphatic heterocycles. The second-order valence-electron chi connectivity index (χ2n) is 7.14. The van der Waals surface area contributed by atoms with Crippen molar-refractivity contribution in [2.75, 3.05) is 26.9 Å². The quantitative estimate of drug-likeness (QED) is 0.381. The van der Waals surface area contributed by atoms with Gasteiger partial charge in [-0.3, -0.25) is 0 Å². The fourth-order valence-electron chi connectivity index (χ4n) is 3.33. The molecule has 0 atom stereocenters. The molecular formula is C21H32N6O2. The van der Waals surface area contributed by atoms with Crippen LogP contribution in [0.2, 0.25) is 0 Å². The maximum atomic E-state index is 5.88. The molecule has 0 aliphatic carbocycles. The van der Waals surface area contributed by atoms with Gasteiger partial charge in [0, 0.05) is 32.2 Å². The predicted molar refractivity (Wildman–Crippen MR) is 113 cm³/mol. The van der Waals surface area contributed by atoms with Gasteiger partial charge in [0.25, 0.3) is 0 Å². The zero-order chi connectivity index (χ0) is 20.5. The lowest BCUT2D eigenvalue weighted by Crippen LogP contribution is -2.37. The second-order valence-corrected chi connectivity index (χ2v) is 7.14. The van der Waals surface area contributed by atoms with E-state index < -0.39 is 0 Å². The number of hydrogen-bond donors (Lipinski definition) is 2. The van der Waals surface area contributed by atoms with Gasteiger partial charge < -0.3 is 24.7 Å². The Labute approximate surface area is 172 Å². The van der Waals surface area contributed by atoms with Crippen LogP contribution < -0.4 is 15.4 Å². The van der Waals surface area contributed by atoms with Gasteiger partial charge in [-0.1, -0.05) is 12.1 Å². The lowest BCUT2D eigenvalue weighted by atomic mass is 10.1. The van der Waals surface area contributed by atoms with E-state index in [0.29, 0.717) is 26.3 Å². The van der Waals surface area contributed by atoms with E-state index in [1.807, 2.05) is 6.07 Å². The normalized spacial score (nSPS) is 13.8. The molecule has 0 amide bonds. The first-order chi connectivity index (χ1) is 14.2. The molecule has 3 rings (SSSR count). The zero-order valence-corrected chi connectivity index (χ0v) is 17.7. The number of methoxy groups -OCH3 is 1. The first-order valence-corrected chi connectivity index (χ1v) is 10.4. The first-order valence-electron chi connectivity index (χ1n) is 10.4.